The zero-order valence-corrected chi connectivity index (χ0v) is 15.2. The third kappa shape index (κ3) is 3.28. The second-order valence-electron chi connectivity index (χ2n) is 6.48. The summed E-state index contributed by atoms with van der Waals surface area (Å²) in [7, 11) is 1.58. The molecule has 0 saturated carbocycles. The van der Waals surface area contributed by atoms with Gasteiger partial charge in [0.05, 0.1) is 19.0 Å². The Labute approximate surface area is 160 Å². The summed E-state index contributed by atoms with van der Waals surface area (Å²) in [6, 6.07) is 9.18. The van der Waals surface area contributed by atoms with Crippen molar-refractivity contribution in [3.63, 3.8) is 0 Å². The second-order valence-corrected chi connectivity index (χ2v) is 6.48. The van der Waals surface area contributed by atoms with E-state index in [1.165, 1.54) is 17.3 Å². The number of ether oxygens (including phenoxy) is 1. The summed E-state index contributed by atoms with van der Waals surface area (Å²) in [5, 5.41) is 6.32. The number of aromatic nitrogens is 2. The molecule has 0 radical (unpaired) electrons. The van der Waals surface area contributed by atoms with Crippen molar-refractivity contribution >= 4 is 11.7 Å². The predicted octanol–water partition coefficient (Wildman–Crippen LogP) is 3.81. The fourth-order valence-corrected chi connectivity index (χ4v) is 3.31. The number of hydrogen-bond donors (Lipinski definition) is 1. The minimum absolute atomic E-state index is 0.0668. The van der Waals surface area contributed by atoms with E-state index in [1.807, 2.05) is 24.3 Å². The summed E-state index contributed by atoms with van der Waals surface area (Å²) in [6.07, 6.45) is 2.89. The Kier molecular flexibility index (Phi) is 4.68. The lowest BCUT2D eigenvalue weighted by Gasteiger charge is -2.20. The number of hydrogen-bond acceptors (Lipinski definition) is 3. The molecule has 0 aliphatic carbocycles. The Hall–Kier alpha value is -3.42. The highest BCUT2D eigenvalue weighted by atomic mass is 19.1. The number of carbonyl (C=O) groups excluding carboxylic acids is 1. The number of urea groups is 1. The zero-order valence-electron chi connectivity index (χ0n) is 15.2. The number of rotatable bonds is 5. The molecule has 1 N–H and O–H groups in total. The number of nitrogens with zero attached hydrogens (tertiary/aromatic N) is 3. The van der Waals surface area contributed by atoms with Gasteiger partial charge in [0.2, 0.25) is 0 Å². The molecule has 2 heterocycles. The van der Waals surface area contributed by atoms with Crippen molar-refractivity contribution in [2.24, 2.45) is 0 Å². The summed E-state index contributed by atoms with van der Waals surface area (Å²) in [5.41, 5.74) is 1.37. The second kappa shape index (κ2) is 7.30. The average Bonchev–Trinajstić information content (AvgIpc) is 3.35. The van der Waals surface area contributed by atoms with E-state index in [0.29, 0.717) is 24.4 Å². The Balaban J connectivity index is 1.56. The molecule has 1 fully saturated rings. The number of halogens is 2. The van der Waals surface area contributed by atoms with Crippen LogP contribution in [0.1, 0.15) is 5.56 Å². The van der Waals surface area contributed by atoms with E-state index in [2.05, 4.69) is 10.2 Å². The molecule has 0 bridgehead atoms. The largest absolute Gasteiger partial charge is 0.497 e. The predicted molar refractivity (Wildman–Crippen MR) is 100 cm³/mol. The number of carbonyl (C=O) groups is 1. The molecular weight excluding hydrogens is 366 g/mol. The first-order valence-corrected chi connectivity index (χ1v) is 8.74. The van der Waals surface area contributed by atoms with Crippen LogP contribution in [0, 0.1) is 11.6 Å². The number of nitrogens with one attached hydrogen (secondary N) is 1. The first kappa shape index (κ1) is 18.0. The van der Waals surface area contributed by atoms with E-state index < -0.39 is 11.6 Å². The Morgan fingerprint density at radius 2 is 2.04 bits per heavy atom. The van der Waals surface area contributed by atoms with Gasteiger partial charge in [0, 0.05) is 43.0 Å². The van der Waals surface area contributed by atoms with Gasteiger partial charge in [-0.05, 0) is 23.8 Å². The highest BCUT2D eigenvalue weighted by Gasteiger charge is 2.32. The maximum Gasteiger partial charge on any atom is 0.325 e. The van der Waals surface area contributed by atoms with Crippen LogP contribution >= 0.6 is 0 Å². The summed E-state index contributed by atoms with van der Waals surface area (Å²) in [4.78, 5) is 15.6. The first-order valence-electron chi connectivity index (χ1n) is 8.74. The molecule has 144 valence electrons. The summed E-state index contributed by atoms with van der Waals surface area (Å²) < 4.78 is 34.4. The Morgan fingerprint density at radius 1 is 1.18 bits per heavy atom. The lowest BCUT2D eigenvalue weighted by Crippen LogP contribution is -2.32. The van der Waals surface area contributed by atoms with Crippen molar-refractivity contribution in [2.75, 3.05) is 25.1 Å². The van der Waals surface area contributed by atoms with Crippen molar-refractivity contribution in [3.8, 4) is 16.9 Å². The quantitative estimate of drug-likeness (QED) is 0.728. The SMILES string of the molecule is COc1cccc(CN2CCN(c3cc(F)c(-c4cn[nH]c4)cc3F)C2=O)c1. The molecule has 2 amide bonds. The maximum absolute atomic E-state index is 14.7. The van der Waals surface area contributed by atoms with E-state index in [1.54, 1.807) is 12.0 Å². The number of amides is 2. The fourth-order valence-electron chi connectivity index (χ4n) is 3.31. The minimum Gasteiger partial charge on any atom is -0.497 e. The van der Waals surface area contributed by atoms with Crippen LogP contribution in [0.3, 0.4) is 0 Å². The number of methoxy groups -OCH3 is 1. The molecule has 1 aromatic heterocycles. The van der Waals surface area contributed by atoms with Crippen molar-refractivity contribution in [3.05, 3.63) is 66.0 Å². The molecule has 28 heavy (non-hydrogen) atoms. The van der Waals surface area contributed by atoms with E-state index in [9.17, 15) is 13.6 Å². The number of anilines is 1. The van der Waals surface area contributed by atoms with Crippen molar-refractivity contribution < 1.29 is 18.3 Å². The van der Waals surface area contributed by atoms with Crippen molar-refractivity contribution in [1.29, 1.82) is 0 Å². The highest BCUT2D eigenvalue weighted by molar-refractivity contribution is 5.94. The van der Waals surface area contributed by atoms with Gasteiger partial charge in [-0.15, -0.1) is 0 Å². The van der Waals surface area contributed by atoms with Crippen LogP contribution in [0.15, 0.2) is 48.8 Å². The molecule has 0 unspecified atom stereocenters. The number of benzene rings is 2. The molecule has 1 aliphatic heterocycles. The molecule has 2 aromatic carbocycles. The van der Waals surface area contributed by atoms with E-state index in [4.69, 9.17) is 4.74 Å². The molecule has 1 saturated heterocycles. The highest BCUT2D eigenvalue weighted by Crippen LogP contribution is 2.31. The van der Waals surface area contributed by atoms with Crippen molar-refractivity contribution in [2.45, 2.75) is 6.54 Å². The van der Waals surface area contributed by atoms with Gasteiger partial charge >= 0.3 is 6.03 Å². The molecule has 6 nitrogen and oxygen atoms in total. The lowest BCUT2D eigenvalue weighted by atomic mass is 10.1. The normalized spacial score (nSPS) is 14.0. The molecule has 8 heteroatoms. The van der Waals surface area contributed by atoms with Crippen molar-refractivity contribution in [1.82, 2.24) is 15.1 Å². The average molecular weight is 384 g/mol. The Morgan fingerprint density at radius 3 is 2.79 bits per heavy atom. The smallest absolute Gasteiger partial charge is 0.325 e. The maximum atomic E-state index is 14.7. The van der Waals surface area contributed by atoms with Crippen LogP contribution < -0.4 is 9.64 Å². The lowest BCUT2D eigenvalue weighted by molar-refractivity contribution is 0.218. The van der Waals surface area contributed by atoms with Gasteiger partial charge in [-0.1, -0.05) is 12.1 Å². The number of aromatic amines is 1. The topological polar surface area (TPSA) is 61.5 Å². The summed E-state index contributed by atoms with van der Waals surface area (Å²) in [5.74, 6) is -0.574. The summed E-state index contributed by atoms with van der Waals surface area (Å²) >= 11 is 0. The third-order valence-electron chi connectivity index (χ3n) is 4.74. The monoisotopic (exact) mass is 384 g/mol. The van der Waals surface area contributed by atoms with Gasteiger partial charge in [0.1, 0.15) is 17.4 Å². The van der Waals surface area contributed by atoms with Crippen LogP contribution in [0.5, 0.6) is 5.75 Å². The van der Waals surface area contributed by atoms with E-state index in [-0.39, 0.29) is 23.8 Å². The van der Waals surface area contributed by atoms with Crippen LogP contribution in [-0.4, -0.2) is 41.3 Å². The van der Waals surface area contributed by atoms with Crippen LogP contribution in [0.25, 0.3) is 11.1 Å². The van der Waals surface area contributed by atoms with Gasteiger partial charge < -0.3 is 9.64 Å². The molecule has 4 rings (SSSR count). The molecule has 1 aliphatic rings. The summed E-state index contributed by atoms with van der Waals surface area (Å²) in [6.45, 7) is 1.06. The minimum atomic E-state index is -0.658. The molecule has 0 atom stereocenters. The van der Waals surface area contributed by atoms with E-state index >= 15 is 0 Å². The van der Waals surface area contributed by atoms with Gasteiger partial charge in [0.25, 0.3) is 0 Å². The fraction of sp³-hybridized carbons (Fsp3) is 0.200. The van der Waals surface area contributed by atoms with Crippen LogP contribution in [0.4, 0.5) is 19.3 Å². The molecule has 0 spiro atoms. The van der Waals surface area contributed by atoms with Gasteiger partial charge in [0.15, 0.2) is 0 Å². The number of H-pyrrole nitrogens is 1. The molecular formula is C20H18F2N4O2. The van der Waals surface area contributed by atoms with Gasteiger partial charge in [-0.2, -0.15) is 5.10 Å². The standard InChI is InChI=1S/C20H18F2N4O2/c1-28-15-4-2-3-13(7-15)12-25-5-6-26(20(25)27)19-9-17(21)16(8-18(19)22)14-10-23-24-11-14/h2-4,7-11H,5-6,12H2,1H3,(H,23,24). The van der Waals surface area contributed by atoms with E-state index in [0.717, 1.165) is 17.7 Å². The molecule has 3 aromatic rings. The van der Waals surface area contributed by atoms with Crippen LogP contribution in [-0.2, 0) is 6.54 Å². The van der Waals surface area contributed by atoms with Gasteiger partial charge in [-0.25, -0.2) is 13.6 Å². The van der Waals surface area contributed by atoms with Gasteiger partial charge in [-0.3, -0.25) is 10.00 Å². The third-order valence-corrected chi connectivity index (χ3v) is 4.74. The first-order chi connectivity index (χ1) is 13.6. The zero-order chi connectivity index (χ0) is 19.7. The Bertz CT molecular complexity index is 1010. The van der Waals surface area contributed by atoms with Crippen LogP contribution in [0.2, 0.25) is 0 Å².